The Morgan fingerprint density at radius 2 is 1.88 bits per heavy atom. The highest BCUT2D eigenvalue weighted by Gasteiger charge is 2.54. The van der Waals surface area contributed by atoms with Gasteiger partial charge in [0.05, 0.1) is 30.4 Å². The number of rotatable bonds is 4. The van der Waals surface area contributed by atoms with Crippen molar-refractivity contribution in [3.63, 3.8) is 0 Å². The van der Waals surface area contributed by atoms with Crippen molar-refractivity contribution in [2.75, 3.05) is 14.2 Å². The maximum Gasteiger partial charge on any atom is 0.334 e. The van der Waals surface area contributed by atoms with E-state index < -0.39 is 18.1 Å². The molecule has 0 aromatic heterocycles. The van der Waals surface area contributed by atoms with Crippen molar-refractivity contribution in [3.8, 4) is 0 Å². The number of aliphatic hydroxyl groups is 1. The zero-order valence-electron chi connectivity index (χ0n) is 15.1. The summed E-state index contributed by atoms with van der Waals surface area (Å²) < 4.78 is 16.0. The van der Waals surface area contributed by atoms with E-state index in [4.69, 9.17) is 14.2 Å². The van der Waals surface area contributed by atoms with Crippen LogP contribution in [0.4, 0.5) is 0 Å². The molecule has 2 unspecified atom stereocenters. The SMILES string of the molecule is COC(=O)C1=C(C(=O)c2ccccc2)C2OC(C)=C(C)N2C(O)(OC)C1. The summed E-state index contributed by atoms with van der Waals surface area (Å²) >= 11 is 0. The number of esters is 1. The summed E-state index contributed by atoms with van der Waals surface area (Å²) in [7, 11) is 2.55. The Morgan fingerprint density at radius 1 is 1.23 bits per heavy atom. The van der Waals surface area contributed by atoms with E-state index >= 15 is 0 Å². The Morgan fingerprint density at radius 3 is 2.46 bits per heavy atom. The van der Waals surface area contributed by atoms with Crippen LogP contribution in [0.2, 0.25) is 0 Å². The van der Waals surface area contributed by atoms with Gasteiger partial charge in [0, 0.05) is 12.7 Å². The number of benzene rings is 1. The lowest BCUT2D eigenvalue weighted by atomic mass is 9.89. The van der Waals surface area contributed by atoms with E-state index in [0.717, 1.165) is 0 Å². The van der Waals surface area contributed by atoms with Crippen molar-refractivity contribution in [1.82, 2.24) is 4.90 Å². The average molecular weight is 359 g/mol. The Balaban J connectivity index is 2.19. The van der Waals surface area contributed by atoms with Gasteiger partial charge in [0.1, 0.15) is 5.76 Å². The van der Waals surface area contributed by atoms with Gasteiger partial charge in [-0.25, -0.2) is 4.79 Å². The Bertz CT molecular complexity index is 813. The number of carbonyl (C=O) groups is 2. The van der Waals surface area contributed by atoms with E-state index in [0.29, 0.717) is 17.0 Å². The quantitative estimate of drug-likeness (QED) is 0.499. The molecule has 1 aromatic carbocycles. The molecule has 0 aliphatic carbocycles. The van der Waals surface area contributed by atoms with Crippen molar-refractivity contribution >= 4 is 11.8 Å². The van der Waals surface area contributed by atoms with Crippen LogP contribution in [0.3, 0.4) is 0 Å². The number of hydrogen-bond acceptors (Lipinski definition) is 7. The van der Waals surface area contributed by atoms with Gasteiger partial charge in [0.15, 0.2) is 5.78 Å². The molecule has 1 N–H and O–H groups in total. The number of methoxy groups -OCH3 is 2. The van der Waals surface area contributed by atoms with Gasteiger partial charge in [-0.1, -0.05) is 30.3 Å². The summed E-state index contributed by atoms with van der Waals surface area (Å²) in [5.74, 6) is -2.35. The third kappa shape index (κ3) is 2.69. The molecule has 7 heteroatoms. The number of ketones is 1. The van der Waals surface area contributed by atoms with E-state index in [2.05, 4.69) is 0 Å². The van der Waals surface area contributed by atoms with Crippen LogP contribution < -0.4 is 0 Å². The number of carbonyl (C=O) groups excluding carboxylic acids is 2. The molecule has 0 bridgehead atoms. The van der Waals surface area contributed by atoms with Crippen molar-refractivity contribution in [2.24, 2.45) is 0 Å². The molecule has 1 aromatic rings. The van der Waals surface area contributed by atoms with E-state index in [1.54, 1.807) is 44.2 Å². The largest absolute Gasteiger partial charge is 0.469 e. The monoisotopic (exact) mass is 359 g/mol. The fourth-order valence-electron chi connectivity index (χ4n) is 3.31. The summed E-state index contributed by atoms with van der Waals surface area (Å²) in [6.45, 7) is 3.49. The van der Waals surface area contributed by atoms with Crippen LogP contribution in [-0.4, -0.2) is 48.1 Å². The molecule has 0 fully saturated rings. The lowest BCUT2D eigenvalue weighted by molar-refractivity contribution is -0.290. The van der Waals surface area contributed by atoms with E-state index in [1.807, 2.05) is 0 Å². The smallest absolute Gasteiger partial charge is 0.334 e. The Kier molecular flexibility index (Phi) is 4.60. The minimum atomic E-state index is -1.82. The summed E-state index contributed by atoms with van der Waals surface area (Å²) in [5.41, 5.74) is 1.22. The third-order valence-electron chi connectivity index (χ3n) is 4.79. The summed E-state index contributed by atoms with van der Waals surface area (Å²) in [6.07, 6.45) is -1.20. The maximum absolute atomic E-state index is 13.2. The molecule has 0 radical (unpaired) electrons. The van der Waals surface area contributed by atoms with Crippen LogP contribution in [0.5, 0.6) is 0 Å². The van der Waals surface area contributed by atoms with Crippen LogP contribution in [0.15, 0.2) is 52.9 Å². The molecule has 2 heterocycles. The second kappa shape index (κ2) is 6.59. The number of nitrogens with zero attached hydrogens (tertiary/aromatic N) is 1. The molecule has 138 valence electrons. The molecule has 2 aliphatic rings. The first-order chi connectivity index (χ1) is 12.3. The first kappa shape index (κ1) is 18.2. The van der Waals surface area contributed by atoms with Gasteiger partial charge in [0.2, 0.25) is 6.23 Å². The standard InChI is InChI=1S/C19H21NO6/c1-11-12(2)26-17-15(16(21)13-8-6-5-7-9-13)14(18(22)24-3)10-19(23,25-4)20(11)17/h5-9,17,23H,10H2,1-4H3. The topological polar surface area (TPSA) is 85.3 Å². The third-order valence-corrected chi connectivity index (χ3v) is 4.79. The molecule has 7 nitrogen and oxygen atoms in total. The molecule has 0 amide bonds. The van der Waals surface area contributed by atoms with Gasteiger partial charge in [-0.05, 0) is 13.8 Å². The van der Waals surface area contributed by atoms with Gasteiger partial charge >= 0.3 is 5.97 Å². The predicted molar refractivity (Wildman–Crippen MR) is 91.5 cm³/mol. The minimum absolute atomic E-state index is 0.0365. The molecular formula is C19H21NO6. The zero-order valence-corrected chi connectivity index (χ0v) is 15.1. The zero-order chi connectivity index (χ0) is 19.1. The highest BCUT2D eigenvalue weighted by molar-refractivity contribution is 6.13. The second-order valence-electron chi connectivity index (χ2n) is 6.18. The predicted octanol–water partition coefficient (Wildman–Crippen LogP) is 1.94. The van der Waals surface area contributed by atoms with Crippen LogP contribution in [0.25, 0.3) is 0 Å². The minimum Gasteiger partial charge on any atom is -0.469 e. The van der Waals surface area contributed by atoms with Crippen molar-refractivity contribution in [2.45, 2.75) is 32.4 Å². The van der Waals surface area contributed by atoms with Gasteiger partial charge in [-0.3, -0.25) is 9.69 Å². The fraction of sp³-hybridized carbons (Fsp3) is 0.368. The van der Waals surface area contributed by atoms with Crippen molar-refractivity contribution in [1.29, 1.82) is 0 Å². The number of fused-ring (bicyclic) bond motifs is 1. The first-order valence-corrected chi connectivity index (χ1v) is 8.16. The fourth-order valence-corrected chi connectivity index (χ4v) is 3.31. The molecular weight excluding hydrogens is 338 g/mol. The van der Waals surface area contributed by atoms with Gasteiger partial charge in [-0.2, -0.15) is 0 Å². The Labute approximate surface area is 151 Å². The number of Topliss-reactive ketones (excluding diaryl/α,β-unsaturated/α-hetero) is 1. The lowest BCUT2D eigenvalue weighted by Gasteiger charge is -2.44. The number of ether oxygens (including phenoxy) is 3. The number of allylic oxidation sites excluding steroid dienone is 2. The molecule has 2 aliphatic heterocycles. The van der Waals surface area contributed by atoms with Crippen LogP contribution in [0.1, 0.15) is 30.6 Å². The summed E-state index contributed by atoms with van der Waals surface area (Å²) in [5, 5.41) is 11.0. The molecule has 0 saturated carbocycles. The normalized spacial score (nSPS) is 25.1. The van der Waals surface area contributed by atoms with Crippen LogP contribution in [0, 0.1) is 0 Å². The molecule has 0 spiro atoms. The van der Waals surface area contributed by atoms with E-state index in [1.165, 1.54) is 19.1 Å². The van der Waals surface area contributed by atoms with Gasteiger partial charge in [0.25, 0.3) is 5.91 Å². The molecule has 3 rings (SSSR count). The second-order valence-corrected chi connectivity index (χ2v) is 6.18. The Hall–Kier alpha value is -2.64. The highest BCUT2D eigenvalue weighted by Crippen LogP contribution is 2.44. The van der Waals surface area contributed by atoms with Crippen molar-refractivity contribution in [3.05, 3.63) is 58.5 Å². The van der Waals surface area contributed by atoms with Gasteiger partial charge in [-0.15, -0.1) is 0 Å². The summed E-state index contributed by atoms with van der Waals surface area (Å²) in [6, 6.07) is 8.59. The molecule has 26 heavy (non-hydrogen) atoms. The van der Waals surface area contributed by atoms with Crippen molar-refractivity contribution < 1.29 is 28.9 Å². The molecule has 2 atom stereocenters. The van der Waals surface area contributed by atoms with Crippen LogP contribution in [-0.2, 0) is 19.0 Å². The maximum atomic E-state index is 13.2. The molecule has 0 saturated heterocycles. The van der Waals surface area contributed by atoms with Gasteiger partial charge < -0.3 is 19.3 Å². The number of hydrogen-bond donors (Lipinski definition) is 1. The first-order valence-electron chi connectivity index (χ1n) is 8.16. The summed E-state index contributed by atoms with van der Waals surface area (Å²) in [4.78, 5) is 27.0. The average Bonchev–Trinajstić information content (AvgIpc) is 2.96. The lowest BCUT2D eigenvalue weighted by Crippen LogP contribution is -2.57. The van der Waals surface area contributed by atoms with Crippen LogP contribution >= 0.6 is 0 Å². The highest BCUT2D eigenvalue weighted by atomic mass is 16.7. The van der Waals surface area contributed by atoms with E-state index in [9.17, 15) is 14.7 Å². The van der Waals surface area contributed by atoms with E-state index in [-0.39, 0.29) is 23.4 Å².